The lowest BCUT2D eigenvalue weighted by molar-refractivity contribution is -0.113. The molecule has 0 saturated carbocycles. The summed E-state index contributed by atoms with van der Waals surface area (Å²) in [6, 6.07) is 6.45. The molecule has 7 nitrogen and oxygen atoms in total. The van der Waals surface area contributed by atoms with Crippen LogP contribution in [-0.2, 0) is 22.4 Å². The van der Waals surface area contributed by atoms with Gasteiger partial charge in [0.05, 0.1) is 23.8 Å². The van der Waals surface area contributed by atoms with E-state index in [0.717, 1.165) is 41.5 Å². The maximum Gasteiger partial charge on any atom is 0.337 e. The number of ether oxygens (including phenoxy) is 1. The fourth-order valence-corrected chi connectivity index (χ4v) is 5.51. The van der Waals surface area contributed by atoms with E-state index >= 15 is 0 Å². The number of carbonyl (C=O) groups is 2. The molecule has 0 bridgehead atoms. The van der Waals surface area contributed by atoms with Crippen LogP contribution in [0.2, 0.25) is 0 Å². The number of hydrogen-bond donors (Lipinski definition) is 2. The Balaban J connectivity index is 1.42. The topological polar surface area (TPSA) is 101 Å². The highest BCUT2D eigenvalue weighted by molar-refractivity contribution is 7.99. The number of hydrogen-bond acceptors (Lipinski definition) is 7. The van der Waals surface area contributed by atoms with Crippen molar-refractivity contribution in [1.29, 1.82) is 0 Å². The number of nitrogens with one attached hydrogen (secondary N) is 2. The third-order valence-electron chi connectivity index (χ3n) is 4.98. The average Bonchev–Trinajstić information content (AvgIpc) is 2.94. The number of aromatic nitrogens is 2. The van der Waals surface area contributed by atoms with Gasteiger partial charge in [-0.3, -0.25) is 9.59 Å². The number of fused-ring (bicyclic) bond motifs is 3. The summed E-state index contributed by atoms with van der Waals surface area (Å²) in [6.45, 7) is 0. The fourth-order valence-electron chi connectivity index (χ4n) is 3.53. The maximum absolute atomic E-state index is 12.7. The minimum absolute atomic E-state index is 0.109. The van der Waals surface area contributed by atoms with Gasteiger partial charge in [-0.1, -0.05) is 18.2 Å². The van der Waals surface area contributed by atoms with Gasteiger partial charge in [0.25, 0.3) is 5.56 Å². The van der Waals surface area contributed by atoms with Gasteiger partial charge in [0, 0.05) is 10.6 Å². The zero-order valence-electron chi connectivity index (χ0n) is 16.4. The molecule has 0 spiro atoms. The van der Waals surface area contributed by atoms with Crippen molar-refractivity contribution in [3.8, 4) is 0 Å². The summed E-state index contributed by atoms with van der Waals surface area (Å²) in [4.78, 5) is 45.8. The van der Waals surface area contributed by atoms with E-state index in [1.54, 1.807) is 35.6 Å². The Kier molecular flexibility index (Phi) is 6.19. The van der Waals surface area contributed by atoms with Crippen LogP contribution >= 0.6 is 23.1 Å². The normalized spacial score (nSPS) is 13.5. The van der Waals surface area contributed by atoms with E-state index in [0.29, 0.717) is 16.4 Å². The Labute approximate surface area is 181 Å². The molecule has 30 heavy (non-hydrogen) atoms. The summed E-state index contributed by atoms with van der Waals surface area (Å²) in [5, 5.41) is 3.93. The van der Waals surface area contributed by atoms with Crippen molar-refractivity contribution in [3.63, 3.8) is 0 Å². The quantitative estimate of drug-likeness (QED) is 0.269. The largest absolute Gasteiger partial charge is 0.465 e. The monoisotopic (exact) mass is 443 g/mol. The third-order valence-corrected chi connectivity index (χ3v) is 7.04. The number of carbonyl (C=O) groups excluding carboxylic acids is 2. The summed E-state index contributed by atoms with van der Waals surface area (Å²) < 4.78 is 4.65. The van der Waals surface area contributed by atoms with Crippen LogP contribution in [0.3, 0.4) is 0 Å². The third kappa shape index (κ3) is 4.41. The second kappa shape index (κ2) is 9.01. The van der Waals surface area contributed by atoms with Gasteiger partial charge in [0.2, 0.25) is 5.91 Å². The number of thioether (sulfide) groups is 1. The average molecular weight is 444 g/mol. The van der Waals surface area contributed by atoms with Gasteiger partial charge in [-0.2, -0.15) is 0 Å². The summed E-state index contributed by atoms with van der Waals surface area (Å²) in [6.07, 6.45) is 5.40. The fraction of sp³-hybridized carbons (Fsp3) is 0.333. The summed E-state index contributed by atoms with van der Waals surface area (Å²) in [5.74, 6) is -0.548. The number of H-pyrrole nitrogens is 1. The Morgan fingerprint density at radius 2 is 1.97 bits per heavy atom. The molecule has 156 valence electrons. The molecule has 1 aromatic carbocycles. The van der Waals surface area contributed by atoms with Crippen molar-refractivity contribution in [2.45, 2.75) is 37.3 Å². The molecule has 0 atom stereocenters. The number of thiophene rings is 1. The van der Waals surface area contributed by atoms with Gasteiger partial charge in [-0.25, -0.2) is 9.78 Å². The molecule has 0 saturated heterocycles. The maximum atomic E-state index is 12.7. The molecule has 0 unspecified atom stereocenters. The van der Waals surface area contributed by atoms with Gasteiger partial charge >= 0.3 is 5.97 Å². The standard InChI is InChI=1S/C21H21N3O4S2/c1-28-20(27)12-7-9-13(10-8-12)22-16(25)11-29-21-23-18(26)17-14-5-3-2-4-6-15(14)30-19(17)24-21/h7-10H,2-6,11H2,1H3,(H,22,25)(H,23,24,26). The van der Waals surface area contributed by atoms with Crippen molar-refractivity contribution in [3.05, 3.63) is 50.6 Å². The zero-order valence-corrected chi connectivity index (χ0v) is 18.1. The number of esters is 1. The number of anilines is 1. The van der Waals surface area contributed by atoms with Crippen LogP contribution in [0, 0.1) is 0 Å². The second-order valence-electron chi connectivity index (χ2n) is 7.02. The number of amides is 1. The lowest BCUT2D eigenvalue weighted by Gasteiger charge is -2.06. The molecule has 2 N–H and O–H groups in total. The molecule has 0 fully saturated rings. The van der Waals surface area contributed by atoms with E-state index in [-0.39, 0.29) is 17.2 Å². The molecular weight excluding hydrogens is 422 g/mol. The minimum Gasteiger partial charge on any atom is -0.465 e. The second-order valence-corrected chi connectivity index (χ2v) is 9.07. The van der Waals surface area contributed by atoms with Gasteiger partial charge in [-0.15, -0.1) is 11.3 Å². The number of aromatic amines is 1. The Morgan fingerprint density at radius 3 is 2.73 bits per heavy atom. The van der Waals surface area contributed by atoms with E-state index in [2.05, 4.69) is 20.0 Å². The molecule has 2 aromatic heterocycles. The van der Waals surface area contributed by atoms with Crippen molar-refractivity contribution in [1.82, 2.24) is 9.97 Å². The van der Waals surface area contributed by atoms with Crippen LogP contribution in [0.4, 0.5) is 5.69 Å². The highest BCUT2D eigenvalue weighted by atomic mass is 32.2. The molecule has 1 aliphatic carbocycles. The Morgan fingerprint density at radius 1 is 1.20 bits per heavy atom. The van der Waals surface area contributed by atoms with Gasteiger partial charge < -0.3 is 15.0 Å². The minimum atomic E-state index is -0.431. The van der Waals surface area contributed by atoms with Crippen molar-refractivity contribution >= 4 is 50.9 Å². The molecule has 1 amide bonds. The molecule has 4 rings (SSSR count). The Bertz CT molecular complexity index is 1150. The van der Waals surface area contributed by atoms with Crippen LogP contribution in [0.15, 0.2) is 34.2 Å². The first kappa shape index (κ1) is 20.6. The Hall–Kier alpha value is -2.65. The smallest absolute Gasteiger partial charge is 0.337 e. The number of benzene rings is 1. The van der Waals surface area contributed by atoms with E-state index in [9.17, 15) is 14.4 Å². The summed E-state index contributed by atoms with van der Waals surface area (Å²) in [7, 11) is 1.32. The lowest BCUT2D eigenvalue weighted by atomic mass is 10.1. The molecule has 9 heteroatoms. The van der Waals surface area contributed by atoms with E-state index in [1.165, 1.54) is 30.2 Å². The van der Waals surface area contributed by atoms with Crippen LogP contribution < -0.4 is 10.9 Å². The summed E-state index contributed by atoms with van der Waals surface area (Å²) >= 11 is 2.79. The first-order valence-electron chi connectivity index (χ1n) is 9.71. The zero-order chi connectivity index (χ0) is 21.1. The number of rotatable bonds is 5. The molecule has 0 aliphatic heterocycles. The lowest BCUT2D eigenvalue weighted by Crippen LogP contribution is -2.15. The predicted octanol–water partition coefficient (Wildman–Crippen LogP) is 3.77. The number of nitrogens with zero attached hydrogens (tertiary/aromatic N) is 1. The summed E-state index contributed by atoms with van der Waals surface area (Å²) in [5.41, 5.74) is 2.02. The predicted molar refractivity (Wildman–Crippen MR) is 119 cm³/mol. The van der Waals surface area contributed by atoms with Crippen molar-refractivity contribution in [2.24, 2.45) is 0 Å². The molecule has 1 aliphatic rings. The van der Waals surface area contributed by atoms with Gasteiger partial charge in [0.15, 0.2) is 5.16 Å². The van der Waals surface area contributed by atoms with E-state index in [4.69, 9.17) is 0 Å². The van der Waals surface area contributed by atoms with E-state index in [1.807, 2.05) is 0 Å². The molecular formula is C21H21N3O4S2. The van der Waals surface area contributed by atoms with Gasteiger partial charge in [-0.05, 0) is 55.5 Å². The molecule has 2 heterocycles. The van der Waals surface area contributed by atoms with Crippen LogP contribution in [0.25, 0.3) is 10.2 Å². The van der Waals surface area contributed by atoms with Crippen LogP contribution in [0.5, 0.6) is 0 Å². The first-order chi connectivity index (χ1) is 14.5. The SMILES string of the molecule is COC(=O)c1ccc(NC(=O)CSc2nc3sc4c(c3c(=O)[nH]2)CCCCC4)cc1. The molecule has 3 aromatic rings. The first-order valence-corrected chi connectivity index (χ1v) is 11.5. The van der Waals surface area contributed by atoms with E-state index < -0.39 is 5.97 Å². The van der Waals surface area contributed by atoms with Crippen LogP contribution in [0.1, 0.15) is 40.1 Å². The molecule has 0 radical (unpaired) electrons. The van der Waals surface area contributed by atoms with Crippen molar-refractivity contribution in [2.75, 3.05) is 18.2 Å². The van der Waals surface area contributed by atoms with Crippen LogP contribution in [-0.4, -0.2) is 34.7 Å². The van der Waals surface area contributed by atoms with Crippen molar-refractivity contribution < 1.29 is 14.3 Å². The van der Waals surface area contributed by atoms with Gasteiger partial charge in [0.1, 0.15) is 4.83 Å². The highest BCUT2D eigenvalue weighted by Crippen LogP contribution is 2.33. The number of methoxy groups -OCH3 is 1. The number of aryl methyl sites for hydroxylation is 2. The highest BCUT2D eigenvalue weighted by Gasteiger charge is 2.19.